The van der Waals surface area contributed by atoms with E-state index in [1.807, 2.05) is 32.9 Å². The van der Waals surface area contributed by atoms with Crippen molar-refractivity contribution in [1.29, 1.82) is 0 Å². The fraction of sp³-hybridized carbons (Fsp3) is 0.500. The molecule has 0 saturated carbocycles. The van der Waals surface area contributed by atoms with E-state index in [0.717, 1.165) is 17.7 Å². The Morgan fingerprint density at radius 1 is 1.41 bits per heavy atom. The van der Waals surface area contributed by atoms with Crippen LogP contribution in [0.2, 0.25) is 0 Å². The first-order chi connectivity index (χ1) is 7.99. The van der Waals surface area contributed by atoms with E-state index in [9.17, 15) is 4.79 Å². The molecule has 0 heterocycles. The van der Waals surface area contributed by atoms with Crippen molar-refractivity contribution in [3.8, 4) is 5.75 Å². The third kappa shape index (κ3) is 4.89. The van der Waals surface area contributed by atoms with E-state index >= 15 is 0 Å². The van der Waals surface area contributed by atoms with Crippen molar-refractivity contribution in [2.45, 2.75) is 46.1 Å². The van der Waals surface area contributed by atoms with Crippen LogP contribution in [0.3, 0.4) is 0 Å². The van der Waals surface area contributed by atoms with Crippen molar-refractivity contribution >= 4 is 5.97 Å². The lowest BCUT2D eigenvalue weighted by Gasteiger charge is -2.13. The molecule has 0 spiro atoms. The van der Waals surface area contributed by atoms with Crippen LogP contribution < -0.4 is 4.74 Å². The van der Waals surface area contributed by atoms with Crippen LogP contribution in [0, 0.1) is 6.92 Å². The van der Waals surface area contributed by atoms with Crippen molar-refractivity contribution in [1.82, 2.24) is 0 Å². The van der Waals surface area contributed by atoms with Crippen LogP contribution >= 0.6 is 0 Å². The summed E-state index contributed by atoms with van der Waals surface area (Å²) in [6.07, 6.45) is 1.88. The van der Waals surface area contributed by atoms with E-state index in [-0.39, 0.29) is 12.5 Å². The fourth-order valence-electron chi connectivity index (χ4n) is 1.70. The van der Waals surface area contributed by atoms with E-state index < -0.39 is 5.97 Å². The minimum absolute atomic E-state index is 0.173. The number of rotatable bonds is 6. The largest absolute Gasteiger partial charge is 0.491 e. The molecular weight excluding hydrogens is 216 g/mol. The van der Waals surface area contributed by atoms with Gasteiger partial charge in [0.25, 0.3) is 0 Å². The van der Waals surface area contributed by atoms with E-state index in [1.54, 1.807) is 0 Å². The maximum absolute atomic E-state index is 10.4. The minimum Gasteiger partial charge on any atom is -0.491 e. The predicted molar refractivity (Wildman–Crippen MR) is 67.5 cm³/mol. The quantitative estimate of drug-likeness (QED) is 0.825. The molecule has 3 nitrogen and oxygen atoms in total. The molecule has 0 aliphatic rings. The summed E-state index contributed by atoms with van der Waals surface area (Å²) in [5.74, 6) is 0.170. The van der Waals surface area contributed by atoms with Gasteiger partial charge in [-0.25, -0.2) is 0 Å². The van der Waals surface area contributed by atoms with E-state index in [1.165, 1.54) is 5.56 Å². The summed E-state index contributed by atoms with van der Waals surface area (Å²) in [7, 11) is 0. The van der Waals surface area contributed by atoms with Crippen molar-refractivity contribution in [3.63, 3.8) is 0 Å². The third-order valence-electron chi connectivity index (χ3n) is 2.46. The SMILES string of the molecule is Cc1cc(CCCC(=O)O)ccc1OC(C)C. The highest BCUT2D eigenvalue weighted by molar-refractivity contribution is 5.66. The summed E-state index contributed by atoms with van der Waals surface area (Å²) in [6, 6.07) is 6.04. The predicted octanol–water partition coefficient (Wildman–Crippen LogP) is 3.19. The average Bonchev–Trinajstić information content (AvgIpc) is 2.21. The normalized spacial score (nSPS) is 10.6. The van der Waals surface area contributed by atoms with Crippen molar-refractivity contribution in [3.05, 3.63) is 29.3 Å². The molecule has 0 fully saturated rings. The summed E-state index contributed by atoms with van der Waals surface area (Å²) < 4.78 is 5.65. The van der Waals surface area contributed by atoms with Gasteiger partial charge in [0.15, 0.2) is 0 Å². The second kappa shape index (κ2) is 6.28. The molecule has 1 aromatic carbocycles. The Labute approximate surface area is 102 Å². The lowest BCUT2D eigenvalue weighted by Crippen LogP contribution is -2.06. The smallest absolute Gasteiger partial charge is 0.303 e. The van der Waals surface area contributed by atoms with Crippen LogP contribution in [-0.4, -0.2) is 17.2 Å². The van der Waals surface area contributed by atoms with Crippen molar-refractivity contribution in [2.75, 3.05) is 0 Å². The molecule has 1 aromatic rings. The molecule has 0 unspecified atom stereocenters. The Morgan fingerprint density at radius 2 is 2.12 bits per heavy atom. The molecule has 94 valence electrons. The minimum atomic E-state index is -0.735. The van der Waals surface area contributed by atoms with Crippen LogP contribution in [0.4, 0.5) is 0 Å². The van der Waals surface area contributed by atoms with Crippen LogP contribution in [-0.2, 0) is 11.2 Å². The number of benzene rings is 1. The van der Waals surface area contributed by atoms with E-state index in [4.69, 9.17) is 9.84 Å². The first-order valence-electron chi connectivity index (χ1n) is 5.97. The highest BCUT2D eigenvalue weighted by Crippen LogP contribution is 2.21. The van der Waals surface area contributed by atoms with Gasteiger partial charge in [0.2, 0.25) is 0 Å². The number of aliphatic carboxylic acids is 1. The summed E-state index contributed by atoms with van der Waals surface area (Å²) in [6.45, 7) is 6.01. The molecular formula is C14H20O3. The monoisotopic (exact) mass is 236 g/mol. The highest BCUT2D eigenvalue weighted by Gasteiger charge is 2.04. The highest BCUT2D eigenvalue weighted by atomic mass is 16.5. The first-order valence-corrected chi connectivity index (χ1v) is 5.97. The Kier molecular flexibility index (Phi) is 5.01. The standard InChI is InChI=1S/C14H20O3/c1-10(2)17-13-8-7-12(9-11(13)3)5-4-6-14(15)16/h7-10H,4-6H2,1-3H3,(H,15,16). The third-order valence-corrected chi connectivity index (χ3v) is 2.46. The lowest BCUT2D eigenvalue weighted by molar-refractivity contribution is -0.137. The molecule has 1 rings (SSSR count). The molecule has 0 amide bonds. The number of carboxylic acid groups (broad SMARTS) is 1. The topological polar surface area (TPSA) is 46.5 Å². The molecule has 0 bridgehead atoms. The van der Waals surface area contributed by atoms with Gasteiger partial charge < -0.3 is 9.84 Å². The van der Waals surface area contributed by atoms with Gasteiger partial charge in [-0.15, -0.1) is 0 Å². The number of hydrogen-bond donors (Lipinski definition) is 1. The maximum atomic E-state index is 10.4. The summed E-state index contributed by atoms with van der Waals surface area (Å²) in [5.41, 5.74) is 2.27. The van der Waals surface area contributed by atoms with E-state index in [2.05, 4.69) is 6.07 Å². The van der Waals surface area contributed by atoms with Crippen LogP contribution in [0.1, 0.15) is 37.8 Å². The van der Waals surface area contributed by atoms with E-state index in [0.29, 0.717) is 6.42 Å². The summed E-state index contributed by atoms with van der Waals surface area (Å²) in [5, 5.41) is 8.57. The van der Waals surface area contributed by atoms with Gasteiger partial charge in [-0.3, -0.25) is 4.79 Å². The number of hydrogen-bond acceptors (Lipinski definition) is 2. The van der Waals surface area contributed by atoms with Crippen LogP contribution in [0.15, 0.2) is 18.2 Å². The van der Waals surface area contributed by atoms with Gasteiger partial charge >= 0.3 is 5.97 Å². The Morgan fingerprint density at radius 3 is 2.65 bits per heavy atom. The maximum Gasteiger partial charge on any atom is 0.303 e. The Hall–Kier alpha value is -1.51. The first kappa shape index (κ1) is 13.6. The van der Waals surface area contributed by atoms with Gasteiger partial charge in [-0.2, -0.15) is 0 Å². The van der Waals surface area contributed by atoms with Crippen LogP contribution in [0.5, 0.6) is 5.75 Å². The molecule has 17 heavy (non-hydrogen) atoms. The lowest BCUT2D eigenvalue weighted by atomic mass is 10.1. The second-order valence-corrected chi connectivity index (χ2v) is 4.51. The molecule has 0 saturated heterocycles. The number of carbonyl (C=O) groups is 1. The molecule has 0 atom stereocenters. The molecule has 3 heteroatoms. The van der Waals surface area contributed by atoms with Gasteiger partial charge in [-0.1, -0.05) is 12.1 Å². The Balaban J connectivity index is 2.59. The van der Waals surface area contributed by atoms with Gasteiger partial charge in [0.1, 0.15) is 5.75 Å². The number of carboxylic acids is 1. The summed E-state index contributed by atoms with van der Waals surface area (Å²) >= 11 is 0. The van der Waals surface area contributed by atoms with Gasteiger partial charge in [0, 0.05) is 6.42 Å². The summed E-state index contributed by atoms with van der Waals surface area (Å²) in [4.78, 5) is 10.4. The molecule has 0 aromatic heterocycles. The molecule has 0 radical (unpaired) electrons. The number of ether oxygens (including phenoxy) is 1. The van der Waals surface area contributed by atoms with Crippen LogP contribution in [0.25, 0.3) is 0 Å². The fourth-order valence-corrected chi connectivity index (χ4v) is 1.70. The zero-order valence-corrected chi connectivity index (χ0v) is 10.7. The van der Waals surface area contributed by atoms with Crippen molar-refractivity contribution < 1.29 is 14.6 Å². The molecule has 0 aliphatic carbocycles. The van der Waals surface area contributed by atoms with Gasteiger partial charge in [0.05, 0.1) is 6.10 Å². The Bertz CT molecular complexity index is 383. The zero-order chi connectivity index (χ0) is 12.8. The second-order valence-electron chi connectivity index (χ2n) is 4.51. The zero-order valence-electron chi connectivity index (χ0n) is 10.7. The van der Waals surface area contributed by atoms with Gasteiger partial charge in [-0.05, 0) is 50.8 Å². The number of aryl methyl sites for hydroxylation is 2. The van der Waals surface area contributed by atoms with Crippen molar-refractivity contribution in [2.24, 2.45) is 0 Å². The molecule has 1 N–H and O–H groups in total. The molecule has 0 aliphatic heterocycles. The average molecular weight is 236 g/mol.